The fraction of sp³-hybridized carbons (Fsp3) is 0.125. The SMILES string of the molecule is COC(=O)CC(=O)Oc1ccc(Cc2ccc(O[C-]=O)cc2)cc1.COc1cc[c-]cc1.O=[C-]Oc1cc[c-]cc1.[W+2].[Y]. The number of hydrogen-bond acceptors (Lipinski definition) is 9. The monoisotopic (exact) mass is 827 g/mol. The predicted molar refractivity (Wildman–Crippen MR) is 148 cm³/mol. The molecule has 0 aliphatic carbocycles. The average Bonchev–Trinajstić information content (AvgIpc) is 3.01. The molecule has 0 spiro atoms. The third-order valence-electron chi connectivity index (χ3n) is 4.93. The van der Waals surface area contributed by atoms with Crippen LogP contribution in [-0.4, -0.2) is 39.1 Å². The summed E-state index contributed by atoms with van der Waals surface area (Å²) in [6.07, 6.45) is 0.242. The van der Waals surface area contributed by atoms with Crippen molar-refractivity contribution in [1.82, 2.24) is 0 Å². The topological polar surface area (TPSA) is 114 Å². The minimum atomic E-state index is -0.669. The Bertz CT molecular complexity index is 1340. The van der Waals surface area contributed by atoms with E-state index in [0.717, 1.165) is 16.9 Å². The van der Waals surface area contributed by atoms with Crippen molar-refractivity contribution in [2.75, 3.05) is 14.2 Å². The van der Waals surface area contributed by atoms with Crippen LogP contribution in [0.3, 0.4) is 0 Å². The number of methoxy groups -OCH3 is 2. The van der Waals surface area contributed by atoms with E-state index in [1.807, 2.05) is 48.5 Å². The molecule has 0 aromatic heterocycles. The van der Waals surface area contributed by atoms with Gasteiger partial charge in [-0.1, -0.05) is 24.3 Å². The van der Waals surface area contributed by atoms with E-state index in [-0.39, 0.29) is 53.8 Å². The van der Waals surface area contributed by atoms with Crippen LogP contribution in [0.1, 0.15) is 17.5 Å². The molecule has 4 aromatic rings. The van der Waals surface area contributed by atoms with Crippen LogP contribution in [0.25, 0.3) is 0 Å². The first-order valence-electron chi connectivity index (χ1n) is 12.0. The van der Waals surface area contributed by atoms with Crippen molar-refractivity contribution in [3.63, 3.8) is 0 Å². The Hall–Kier alpha value is -3.65. The second kappa shape index (κ2) is 23.9. The van der Waals surface area contributed by atoms with Gasteiger partial charge in [0.1, 0.15) is 12.2 Å². The molecular formula is C32H26O9WY-2. The number of esters is 2. The van der Waals surface area contributed by atoms with E-state index < -0.39 is 18.4 Å². The van der Waals surface area contributed by atoms with Crippen molar-refractivity contribution >= 4 is 24.9 Å². The minimum Gasteiger partial charge on any atom is -0.633 e. The molecule has 0 N–H and O–H groups in total. The van der Waals surface area contributed by atoms with Gasteiger partial charge in [0.05, 0.1) is 14.2 Å². The molecule has 0 aliphatic rings. The van der Waals surface area contributed by atoms with Crippen molar-refractivity contribution in [3.8, 4) is 23.0 Å². The van der Waals surface area contributed by atoms with Crippen molar-refractivity contribution in [2.45, 2.75) is 12.8 Å². The Morgan fingerprint density at radius 2 is 1.05 bits per heavy atom. The summed E-state index contributed by atoms with van der Waals surface area (Å²) in [5.74, 6) is 0.848. The Labute approximate surface area is 290 Å². The van der Waals surface area contributed by atoms with Gasteiger partial charge in [0, 0.05) is 38.5 Å². The summed E-state index contributed by atoms with van der Waals surface area (Å²) >= 11 is 0. The summed E-state index contributed by atoms with van der Waals surface area (Å²) in [4.78, 5) is 42.2. The van der Waals surface area contributed by atoms with Crippen LogP contribution in [0.4, 0.5) is 0 Å². The fourth-order valence-corrected chi connectivity index (χ4v) is 2.99. The molecule has 4 aromatic carbocycles. The maximum atomic E-state index is 11.5. The molecule has 1 radical (unpaired) electrons. The molecule has 0 unspecified atom stereocenters. The number of rotatable bonds is 10. The van der Waals surface area contributed by atoms with Gasteiger partial charge in [0.25, 0.3) is 0 Å². The van der Waals surface area contributed by atoms with E-state index in [1.54, 1.807) is 55.6 Å². The van der Waals surface area contributed by atoms with Crippen molar-refractivity contribution in [2.24, 2.45) is 0 Å². The number of carbonyl (C=O) groups excluding carboxylic acids is 4. The second-order valence-corrected chi connectivity index (χ2v) is 7.74. The van der Waals surface area contributed by atoms with Gasteiger partial charge in [-0.15, -0.1) is 30.0 Å². The molecule has 9 nitrogen and oxygen atoms in total. The number of carbonyl (C=O) groups is 2. The van der Waals surface area contributed by atoms with Gasteiger partial charge in [-0.25, -0.2) is 12.1 Å². The molecule has 43 heavy (non-hydrogen) atoms. The summed E-state index contributed by atoms with van der Waals surface area (Å²) in [6, 6.07) is 33.6. The first kappa shape index (κ1) is 39.4. The zero-order valence-corrected chi connectivity index (χ0v) is 29.1. The molecule has 0 amide bonds. The smallest absolute Gasteiger partial charge is 0.633 e. The summed E-state index contributed by atoms with van der Waals surface area (Å²) < 4.78 is 23.3. The zero-order valence-electron chi connectivity index (χ0n) is 23.3. The van der Waals surface area contributed by atoms with E-state index in [4.69, 9.17) is 9.47 Å². The van der Waals surface area contributed by atoms with E-state index in [1.165, 1.54) is 20.1 Å². The maximum absolute atomic E-state index is 11.5. The molecule has 0 fully saturated rings. The average molecular weight is 827 g/mol. The second-order valence-electron chi connectivity index (χ2n) is 7.74. The molecular weight excluding hydrogens is 801 g/mol. The largest absolute Gasteiger partial charge is 2.00 e. The number of benzene rings is 4. The van der Waals surface area contributed by atoms with Gasteiger partial charge in [-0.3, -0.25) is 9.59 Å². The van der Waals surface area contributed by atoms with Crippen LogP contribution in [-0.2, 0) is 84.1 Å². The molecule has 0 atom stereocenters. The maximum Gasteiger partial charge on any atom is 2.00 e. The normalized spacial score (nSPS) is 8.88. The summed E-state index contributed by atoms with van der Waals surface area (Å²) in [6.45, 7) is 2.69. The first-order valence-corrected chi connectivity index (χ1v) is 12.0. The van der Waals surface area contributed by atoms with E-state index in [9.17, 15) is 19.2 Å². The van der Waals surface area contributed by atoms with Gasteiger partial charge in [0.15, 0.2) is 12.9 Å². The van der Waals surface area contributed by atoms with Crippen molar-refractivity contribution in [3.05, 3.63) is 120 Å². The van der Waals surface area contributed by atoms with E-state index in [0.29, 0.717) is 23.7 Å². The van der Waals surface area contributed by atoms with Gasteiger partial charge < -0.3 is 33.3 Å². The standard InChI is InChI=1S/C18H15O6.C7H4O2.C7H7O.W.Y/c1-22-17(20)11-18(21)24-16-8-4-14(5-9-16)10-13-2-6-15(7-3-13)23-12-19;8-6-9-7-4-2-1-3-5-7;1-8-7-5-3-2-4-6-7;;/h2-9H,10-11H2,1H3;2-5H;3-6H,1H3;;/q-1;-2;-1;+2;. The third-order valence-corrected chi connectivity index (χ3v) is 4.93. The third kappa shape index (κ3) is 17.2. The molecule has 0 bridgehead atoms. The molecule has 219 valence electrons. The fourth-order valence-electron chi connectivity index (χ4n) is 2.99. The van der Waals surface area contributed by atoms with Crippen LogP contribution < -0.4 is 18.9 Å². The Kier molecular flexibility index (Phi) is 21.8. The predicted octanol–water partition coefficient (Wildman–Crippen LogP) is 4.62. The van der Waals surface area contributed by atoms with Gasteiger partial charge in [-0.05, 0) is 35.4 Å². The summed E-state index contributed by atoms with van der Waals surface area (Å²) in [5, 5.41) is 0. The molecule has 11 heteroatoms. The van der Waals surface area contributed by atoms with Gasteiger partial charge in [0.2, 0.25) is 0 Å². The van der Waals surface area contributed by atoms with Crippen LogP contribution in [0, 0.1) is 12.1 Å². The Morgan fingerprint density at radius 1 is 0.628 bits per heavy atom. The molecule has 0 saturated carbocycles. The van der Waals surface area contributed by atoms with Gasteiger partial charge in [-0.2, -0.15) is 36.4 Å². The molecule has 0 heterocycles. The van der Waals surface area contributed by atoms with Crippen LogP contribution in [0.2, 0.25) is 0 Å². The van der Waals surface area contributed by atoms with E-state index in [2.05, 4.69) is 26.3 Å². The first-order chi connectivity index (χ1) is 20.0. The van der Waals surface area contributed by atoms with Crippen LogP contribution in [0.15, 0.2) is 97.1 Å². The molecule has 0 aliphatic heterocycles. The van der Waals surface area contributed by atoms with Crippen LogP contribution >= 0.6 is 0 Å². The quantitative estimate of drug-likeness (QED) is 0.0980. The minimum absolute atomic E-state index is 0. The van der Waals surface area contributed by atoms with Crippen LogP contribution in [0.5, 0.6) is 23.0 Å². The van der Waals surface area contributed by atoms with E-state index >= 15 is 0 Å². The molecule has 0 saturated heterocycles. The number of ether oxygens (including phenoxy) is 5. The van der Waals surface area contributed by atoms with Gasteiger partial charge >= 0.3 is 33.0 Å². The zero-order chi connectivity index (χ0) is 29.7. The Morgan fingerprint density at radius 3 is 1.44 bits per heavy atom. The Balaban J connectivity index is 0.000000760. The van der Waals surface area contributed by atoms with Crippen molar-refractivity contribution in [1.29, 1.82) is 0 Å². The summed E-state index contributed by atoms with van der Waals surface area (Å²) in [7, 11) is 2.86. The molecule has 4 rings (SSSR count). The summed E-state index contributed by atoms with van der Waals surface area (Å²) in [5.41, 5.74) is 2.04. The number of hydrogen-bond donors (Lipinski definition) is 0. The van der Waals surface area contributed by atoms with Crippen molar-refractivity contribution < 1.29 is 96.6 Å².